The van der Waals surface area contributed by atoms with Gasteiger partial charge in [0.1, 0.15) is 0 Å². The molecule has 2 aliphatic rings. The molecule has 0 saturated heterocycles. The molecule has 2 aliphatic heterocycles. The highest BCUT2D eigenvalue weighted by Crippen LogP contribution is 2.56. The molecule has 3 aromatic carbocycles. The standard InChI is InChI=1S/C29H25Cl2NO2/c1-17-12-22-23(15-25(33)18-6-5-7-21(31)14-18)27(34)32-26(22)24(13-17)29(4,16-28(32,2)3)19-8-10-20(30)11-9-19/h5-15H,16H2,1-4H3/b23-15+. The maximum absolute atomic E-state index is 13.8. The van der Waals surface area contributed by atoms with E-state index >= 15 is 0 Å². The Hall–Kier alpha value is -2.88. The van der Waals surface area contributed by atoms with Crippen molar-refractivity contribution in [2.75, 3.05) is 4.90 Å². The molecule has 2 heterocycles. The number of carbonyl (C=O) groups excluding carboxylic acids is 2. The predicted molar refractivity (Wildman–Crippen MR) is 139 cm³/mol. The number of carbonyl (C=O) groups is 2. The first-order chi connectivity index (χ1) is 16.0. The number of aryl methyl sites for hydroxylation is 1. The van der Waals surface area contributed by atoms with E-state index in [4.69, 9.17) is 23.2 Å². The van der Waals surface area contributed by atoms with Crippen LogP contribution in [0.25, 0.3) is 5.57 Å². The monoisotopic (exact) mass is 489 g/mol. The highest BCUT2D eigenvalue weighted by Gasteiger charge is 2.52. The molecule has 0 aromatic heterocycles. The largest absolute Gasteiger partial charge is 0.302 e. The number of halogens is 2. The molecule has 5 heteroatoms. The maximum Gasteiger partial charge on any atom is 0.259 e. The van der Waals surface area contributed by atoms with E-state index in [1.807, 2.05) is 30.0 Å². The second-order valence-corrected chi connectivity index (χ2v) is 11.0. The van der Waals surface area contributed by atoms with E-state index in [0.29, 0.717) is 21.2 Å². The van der Waals surface area contributed by atoms with Crippen LogP contribution < -0.4 is 4.90 Å². The summed E-state index contributed by atoms with van der Waals surface area (Å²) in [7, 11) is 0. The molecule has 0 radical (unpaired) electrons. The third kappa shape index (κ3) is 3.50. The van der Waals surface area contributed by atoms with Crippen LogP contribution in [-0.4, -0.2) is 17.2 Å². The third-order valence-corrected chi connectivity index (χ3v) is 7.54. The van der Waals surface area contributed by atoms with E-state index < -0.39 is 5.54 Å². The van der Waals surface area contributed by atoms with E-state index in [-0.39, 0.29) is 17.1 Å². The highest BCUT2D eigenvalue weighted by molar-refractivity contribution is 6.37. The van der Waals surface area contributed by atoms with Crippen LogP contribution in [0.2, 0.25) is 10.0 Å². The average molecular weight is 490 g/mol. The van der Waals surface area contributed by atoms with Crippen LogP contribution in [0.3, 0.4) is 0 Å². The second-order valence-electron chi connectivity index (χ2n) is 10.1. The van der Waals surface area contributed by atoms with Crippen LogP contribution in [0, 0.1) is 6.92 Å². The molecule has 0 fully saturated rings. The summed E-state index contributed by atoms with van der Waals surface area (Å²) < 4.78 is 0. The minimum absolute atomic E-state index is 0.139. The van der Waals surface area contributed by atoms with Gasteiger partial charge in [-0.25, -0.2) is 0 Å². The normalized spacial score (nSPS) is 21.6. The van der Waals surface area contributed by atoms with Gasteiger partial charge in [-0.05, 0) is 74.7 Å². The first kappa shape index (κ1) is 22.9. The summed E-state index contributed by atoms with van der Waals surface area (Å²) in [6, 6.07) is 18.9. The van der Waals surface area contributed by atoms with E-state index in [1.54, 1.807) is 24.3 Å². The van der Waals surface area contributed by atoms with Crippen molar-refractivity contribution in [3.8, 4) is 0 Å². The van der Waals surface area contributed by atoms with Crippen LogP contribution in [0.4, 0.5) is 5.69 Å². The molecule has 0 spiro atoms. The minimum atomic E-state index is -0.461. The summed E-state index contributed by atoms with van der Waals surface area (Å²) in [6.07, 6.45) is 2.20. The number of hydrogen-bond acceptors (Lipinski definition) is 2. The van der Waals surface area contributed by atoms with E-state index in [0.717, 1.165) is 34.4 Å². The molecule has 0 aliphatic carbocycles. The van der Waals surface area contributed by atoms with Gasteiger partial charge in [0.25, 0.3) is 5.91 Å². The van der Waals surface area contributed by atoms with E-state index in [1.165, 1.54) is 6.08 Å². The first-order valence-corrected chi connectivity index (χ1v) is 12.0. The van der Waals surface area contributed by atoms with Gasteiger partial charge in [-0.3, -0.25) is 9.59 Å². The fourth-order valence-corrected chi connectivity index (χ4v) is 5.99. The van der Waals surface area contributed by atoms with Crippen molar-refractivity contribution in [3.63, 3.8) is 0 Å². The molecule has 34 heavy (non-hydrogen) atoms. The summed E-state index contributed by atoms with van der Waals surface area (Å²) >= 11 is 12.3. The van der Waals surface area contributed by atoms with Gasteiger partial charge in [-0.2, -0.15) is 0 Å². The number of ketones is 1. The van der Waals surface area contributed by atoms with Crippen molar-refractivity contribution in [1.29, 1.82) is 0 Å². The van der Waals surface area contributed by atoms with Crippen molar-refractivity contribution in [1.82, 2.24) is 0 Å². The lowest BCUT2D eigenvalue weighted by Gasteiger charge is -2.50. The molecule has 3 aromatic rings. The summed E-state index contributed by atoms with van der Waals surface area (Å²) in [5.41, 5.74) is 5.10. The zero-order valence-electron chi connectivity index (χ0n) is 19.6. The summed E-state index contributed by atoms with van der Waals surface area (Å²) in [4.78, 5) is 28.8. The molecule has 0 saturated carbocycles. The van der Waals surface area contributed by atoms with Crippen LogP contribution in [-0.2, 0) is 10.2 Å². The quantitative estimate of drug-likeness (QED) is 0.283. The number of nitrogens with zero attached hydrogens (tertiary/aromatic N) is 1. The molecule has 3 nitrogen and oxygen atoms in total. The number of anilines is 1. The van der Waals surface area contributed by atoms with Crippen LogP contribution in [0.15, 0.2) is 66.7 Å². The lowest BCUT2D eigenvalue weighted by Crippen LogP contribution is -2.54. The van der Waals surface area contributed by atoms with Crippen LogP contribution in [0.5, 0.6) is 0 Å². The zero-order valence-corrected chi connectivity index (χ0v) is 21.1. The van der Waals surface area contributed by atoms with Gasteiger partial charge >= 0.3 is 0 Å². The van der Waals surface area contributed by atoms with Gasteiger partial charge < -0.3 is 4.90 Å². The fourth-order valence-electron chi connectivity index (χ4n) is 5.67. The van der Waals surface area contributed by atoms with Gasteiger partial charge in [0.2, 0.25) is 0 Å². The highest BCUT2D eigenvalue weighted by atomic mass is 35.5. The Kier molecular flexibility index (Phi) is 5.27. The predicted octanol–water partition coefficient (Wildman–Crippen LogP) is 7.40. The summed E-state index contributed by atoms with van der Waals surface area (Å²) in [6.45, 7) is 8.44. The summed E-state index contributed by atoms with van der Waals surface area (Å²) in [5, 5.41) is 1.18. The third-order valence-electron chi connectivity index (χ3n) is 7.05. The number of amides is 1. The van der Waals surface area contributed by atoms with Crippen LogP contribution in [0.1, 0.15) is 59.8 Å². The molecular formula is C29H25Cl2NO2. The second kappa shape index (κ2) is 7.83. The molecule has 5 rings (SSSR count). The molecule has 0 bridgehead atoms. The van der Waals surface area contributed by atoms with E-state index in [9.17, 15) is 9.59 Å². The molecular weight excluding hydrogens is 465 g/mol. The van der Waals surface area contributed by atoms with Gasteiger partial charge in [0.05, 0.1) is 11.3 Å². The van der Waals surface area contributed by atoms with Gasteiger partial charge in [0.15, 0.2) is 5.78 Å². The lowest BCUT2D eigenvalue weighted by atomic mass is 9.65. The Morgan fingerprint density at radius 1 is 0.971 bits per heavy atom. The van der Waals surface area contributed by atoms with Gasteiger partial charge in [-0.15, -0.1) is 0 Å². The molecule has 0 N–H and O–H groups in total. The molecule has 172 valence electrons. The average Bonchev–Trinajstić information content (AvgIpc) is 3.04. The number of benzene rings is 3. The molecule has 1 atom stereocenters. The van der Waals surface area contributed by atoms with Gasteiger partial charge in [0, 0.05) is 32.1 Å². The van der Waals surface area contributed by atoms with E-state index in [2.05, 4.69) is 39.0 Å². The van der Waals surface area contributed by atoms with Crippen molar-refractivity contribution in [3.05, 3.63) is 105 Å². The minimum Gasteiger partial charge on any atom is -0.302 e. The number of hydrogen-bond donors (Lipinski definition) is 0. The Morgan fingerprint density at radius 3 is 2.35 bits per heavy atom. The Balaban J connectivity index is 1.73. The van der Waals surface area contributed by atoms with Crippen molar-refractivity contribution in [2.24, 2.45) is 0 Å². The Labute approximate surface area is 210 Å². The van der Waals surface area contributed by atoms with Crippen molar-refractivity contribution < 1.29 is 9.59 Å². The lowest BCUT2D eigenvalue weighted by molar-refractivity contribution is -0.114. The molecule has 1 amide bonds. The topological polar surface area (TPSA) is 37.4 Å². The van der Waals surface area contributed by atoms with Crippen molar-refractivity contribution >= 4 is 46.2 Å². The number of allylic oxidation sites excluding steroid dienone is 1. The Morgan fingerprint density at radius 2 is 1.68 bits per heavy atom. The van der Waals surface area contributed by atoms with Crippen molar-refractivity contribution in [2.45, 2.75) is 45.1 Å². The zero-order chi connectivity index (χ0) is 24.4. The maximum atomic E-state index is 13.8. The summed E-state index contributed by atoms with van der Waals surface area (Å²) in [5.74, 6) is -0.375. The molecule has 1 unspecified atom stereocenters. The smallest absolute Gasteiger partial charge is 0.259 e. The number of rotatable bonds is 3. The SMILES string of the molecule is Cc1cc2c3c(c1)C(C)(c1ccc(Cl)cc1)CC(C)(C)N3C(=O)/C2=C/C(=O)c1cccc(Cl)c1. The van der Waals surface area contributed by atoms with Crippen LogP contribution >= 0.6 is 23.2 Å². The first-order valence-electron chi connectivity index (χ1n) is 11.3. The fraction of sp³-hybridized carbons (Fsp3) is 0.241. The van der Waals surface area contributed by atoms with Gasteiger partial charge in [-0.1, -0.05) is 66.0 Å². The Bertz CT molecular complexity index is 1390.